The predicted molar refractivity (Wildman–Crippen MR) is 143 cm³/mol. The van der Waals surface area contributed by atoms with E-state index in [-0.39, 0.29) is 29.4 Å². The third kappa shape index (κ3) is 4.69. The lowest BCUT2D eigenvalue weighted by Gasteiger charge is -2.30. The first-order valence-corrected chi connectivity index (χ1v) is 13.4. The summed E-state index contributed by atoms with van der Waals surface area (Å²) in [5.41, 5.74) is 11.1. The van der Waals surface area contributed by atoms with Gasteiger partial charge in [0.15, 0.2) is 5.82 Å². The highest BCUT2D eigenvalue weighted by Crippen LogP contribution is 2.41. The van der Waals surface area contributed by atoms with Crippen LogP contribution in [0.4, 0.5) is 15.0 Å². The lowest BCUT2D eigenvalue weighted by atomic mass is 9.84. The van der Waals surface area contributed by atoms with E-state index < -0.39 is 12.0 Å². The highest BCUT2D eigenvalue weighted by atomic mass is 19.1. The molecule has 0 spiro atoms. The second-order valence-corrected chi connectivity index (χ2v) is 10.3. The number of halogens is 1. The molecule has 2 aromatic carbocycles. The van der Waals surface area contributed by atoms with Crippen LogP contribution in [0.15, 0.2) is 36.4 Å². The molecule has 0 saturated carbocycles. The number of aromatic nitrogens is 2. The molecule has 10 heteroatoms. The molecule has 4 heterocycles. The van der Waals surface area contributed by atoms with Crippen LogP contribution in [0.3, 0.4) is 0 Å². The lowest BCUT2D eigenvalue weighted by Crippen LogP contribution is -2.31. The van der Waals surface area contributed by atoms with E-state index in [0.29, 0.717) is 61.5 Å². The fourth-order valence-corrected chi connectivity index (χ4v) is 6.11. The summed E-state index contributed by atoms with van der Waals surface area (Å²) in [5, 5.41) is 12.7. The summed E-state index contributed by atoms with van der Waals surface area (Å²) in [5.74, 6) is -0.714. The smallest absolute Gasteiger partial charge is 0.407 e. The van der Waals surface area contributed by atoms with Crippen LogP contribution in [0, 0.1) is 5.95 Å². The monoisotopic (exact) mass is 531 g/mol. The first-order chi connectivity index (χ1) is 18.9. The van der Waals surface area contributed by atoms with Gasteiger partial charge in [0.05, 0.1) is 6.04 Å². The topological polar surface area (TPSA) is 131 Å². The molecule has 2 amide bonds. The molecule has 1 aromatic heterocycles. The van der Waals surface area contributed by atoms with Crippen molar-refractivity contribution in [1.29, 1.82) is 0 Å². The quantitative estimate of drug-likeness (QED) is 0.451. The third-order valence-corrected chi connectivity index (χ3v) is 8.06. The maximum atomic E-state index is 15.3. The van der Waals surface area contributed by atoms with Crippen LogP contribution < -0.4 is 11.1 Å². The van der Waals surface area contributed by atoms with Gasteiger partial charge in [0.25, 0.3) is 5.91 Å². The molecule has 202 valence electrons. The van der Waals surface area contributed by atoms with Crippen LogP contribution in [0.5, 0.6) is 0 Å². The number of carbonyl (C=O) groups is 2. The molecule has 2 fully saturated rings. The van der Waals surface area contributed by atoms with Crippen LogP contribution in [-0.4, -0.2) is 58.3 Å². The minimum atomic E-state index is -0.956. The molecular formula is C29H30FN5O4. The zero-order valence-electron chi connectivity index (χ0n) is 21.5. The van der Waals surface area contributed by atoms with Crippen molar-refractivity contribution < 1.29 is 23.8 Å². The molecule has 4 N–H and O–H groups in total. The molecule has 1 atom stereocenters. The highest BCUT2D eigenvalue weighted by molar-refractivity contribution is 5.97. The number of nitrogens with zero attached hydrogens (tertiary/aromatic N) is 3. The van der Waals surface area contributed by atoms with Gasteiger partial charge in [-0.05, 0) is 72.9 Å². The first-order valence-electron chi connectivity index (χ1n) is 13.4. The Balaban J connectivity index is 1.44. The predicted octanol–water partition coefficient (Wildman–Crippen LogP) is 4.53. The van der Waals surface area contributed by atoms with Gasteiger partial charge in [-0.3, -0.25) is 4.79 Å². The minimum Gasteiger partial charge on any atom is -0.465 e. The van der Waals surface area contributed by atoms with Gasteiger partial charge in [-0.1, -0.05) is 18.2 Å². The number of likely N-dealkylation sites (tertiary alicyclic amines) is 1. The number of benzene rings is 2. The van der Waals surface area contributed by atoms with E-state index in [9.17, 15) is 14.7 Å². The molecule has 9 nitrogen and oxygen atoms in total. The fourth-order valence-electron chi connectivity index (χ4n) is 6.11. The SMILES string of the molecule is Nc1nc(F)c(-c2ccc(C3CCOCC3)c(C3CCCN3C(=O)O)c2)nc1-c1ccc2c(c1)CCNC2=O. The Bertz CT molecular complexity index is 1460. The molecule has 0 radical (unpaired) electrons. The maximum Gasteiger partial charge on any atom is 0.407 e. The highest BCUT2D eigenvalue weighted by Gasteiger charge is 2.33. The lowest BCUT2D eigenvalue weighted by molar-refractivity contribution is 0.0847. The van der Waals surface area contributed by atoms with Gasteiger partial charge < -0.3 is 25.8 Å². The largest absolute Gasteiger partial charge is 0.465 e. The molecule has 3 aliphatic heterocycles. The number of amides is 2. The summed E-state index contributed by atoms with van der Waals surface area (Å²) in [7, 11) is 0. The molecule has 39 heavy (non-hydrogen) atoms. The zero-order valence-corrected chi connectivity index (χ0v) is 21.5. The Morgan fingerprint density at radius 3 is 2.62 bits per heavy atom. The summed E-state index contributed by atoms with van der Waals surface area (Å²) < 4.78 is 20.9. The van der Waals surface area contributed by atoms with Gasteiger partial charge in [-0.2, -0.15) is 9.37 Å². The van der Waals surface area contributed by atoms with Crippen molar-refractivity contribution in [1.82, 2.24) is 20.2 Å². The van der Waals surface area contributed by atoms with E-state index in [1.807, 2.05) is 24.3 Å². The Kier molecular flexibility index (Phi) is 6.64. The van der Waals surface area contributed by atoms with Crippen molar-refractivity contribution >= 4 is 17.8 Å². The number of nitrogens with two attached hydrogens (primary N) is 1. The Morgan fingerprint density at radius 1 is 1.05 bits per heavy atom. The van der Waals surface area contributed by atoms with E-state index in [4.69, 9.17) is 10.5 Å². The summed E-state index contributed by atoms with van der Waals surface area (Å²) >= 11 is 0. The number of carbonyl (C=O) groups excluding carboxylic acids is 1. The molecular weight excluding hydrogens is 501 g/mol. The Labute approximate surface area is 225 Å². The van der Waals surface area contributed by atoms with Gasteiger partial charge in [0, 0.05) is 43.0 Å². The van der Waals surface area contributed by atoms with E-state index in [2.05, 4.69) is 15.3 Å². The van der Waals surface area contributed by atoms with Gasteiger partial charge in [-0.25, -0.2) is 9.78 Å². The van der Waals surface area contributed by atoms with Crippen molar-refractivity contribution in [3.8, 4) is 22.5 Å². The number of ether oxygens (including phenoxy) is 1. The number of hydrogen-bond donors (Lipinski definition) is 3. The normalized spacial score (nSPS) is 19.6. The number of anilines is 1. The number of nitrogens with one attached hydrogen (secondary N) is 1. The third-order valence-electron chi connectivity index (χ3n) is 8.06. The Hall–Kier alpha value is -4.05. The average molecular weight is 532 g/mol. The minimum absolute atomic E-state index is 0.0386. The van der Waals surface area contributed by atoms with Gasteiger partial charge >= 0.3 is 6.09 Å². The summed E-state index contributed by atoms with van der Waals surface area (Å²) in [6.45, 7) is 2.32. The molecule has 6 rings (SSSR count). The first kappa shape index (κ1) is 25.2. The second kappa shape index (κ2) is 10.3. The van der Waals surface area contributed by atoms with Crippen molar-refractivity contribution in [2.24, 2.45) is 0 Å². The van der Waals surface area contributed by atoms with E-state index in [1.54, 1.807) is 12.1 Å². The number of nitrogen functional groups attached to an aromatic ring is 1. The molecule has 1 unspecified atom stereocenters. The summed E-state index contributed by atoms with van der Waals surface area (Å²) in [4.78, 5) is 34.3. The summed E-state index contributed by atoms with van der Waals surface area (Å²) in [6.07, 6.45) is 2.89. The maximum absolute atomic E-state index is 15.3. The van der Waals surface area contributed by atoms with Gasteiger partial charge in [0.1, 0.15) is 11.4 Å². The van der Waals surface area contributed by atoms with E-state index in [1.165, 1.54) is 4.90 Å². The standard InChI is InChI=1S/C29H30FN5O4/c30-26-24(33-25(27(31)34-26)18-4-6-21-17(14-18)7-10-32-28(21)36)19-3-5-20(16-8-12-39-13-9-16)22(15-19)23-2-1-11-35(23)29(37)38/h3-6,14-16,23H,1-2,7-13H2,(H2,31,34)(H,32,36)(H,37,38). The van der Waals surface area contributed by atoms with Gasteiger partial charge in [0.2, 0.25) is 5.95 Å². The van der Waals surface area contributed by atoms with Crippen LogP contribution >= 0.6 is 0 Å². The van der Waals surface area contributed by atoms with Crippen LogP contribution in [0.2, 0.25) is 0 Å². The molecule has 2 saturated heterocycles. The van der Waals surface area contributed by atoms with Crippen LogP contribution in [0.25, 0.3) is 22.5 Å². The fraction of sp³-hybridized carbons (Fsp3) is 0.379. The van der Waals surface area contributed by atoms with Crippen LogP contribution in [0.1, 0.15) is 64.7 Å². The van der Waals surface area contributed by atoms with Crippen molar-refractivity contribution in [3.05, 3.63) is 64.6 Å². The number of carboxylic acid groups (broad SMARTS) is 1. The van der Waals surface area contributed by atoms with E-state index >= 15 is 4.39 Å². The van der Waals surface area contributed by atoms with Crippen molar-refractivity contribution in [2.45, 2.75) is 44.1 Å². The number of rotatable bonds is 4. The van der Waals surface area contributed by atoms with Crippen LogP contribution in [-0.2, 0) is 11.2 Å². The molecule has 0 bridgehead atoms. The zero-order chi connectivity index (χ0) is 27.1. The number of hydrogen-bond acceptors (Lipinski definition) is 6. The average Bonchev–Trinajstić information content (AvgIpc) is 3.44. The van der Waals surface area contributed by atoms with E-state index in [0.717, 1.165) is 36.0 Å². The second-order valence-electron chi connectivity index (χ2n) is 10.3. The van der Waals surface area contributed by atoms with Crippen molar-refractivity contribution in [3.63, 3.8) is 0 Å². The molecule has 3 aromatic rings. The summed E-state index contributed by atoms with van der Waals surface area (Å²) in [6, 6.07) is 10.7. The molecule has 3 aliphatic rings. The Morgan fingerprint density at radius 2 is 1.82 bits per heavy atom. The molecule has 0 aliphatic carbocycles. The van der Waals surface area contributed by atoms with Gasteiger partial charge in [-0.15, -0.1) is 0 Å². The van der Waals surface area contributed by atoms with Crippen molar-refractivity contribution in [2.75, 3.05) is 32.0 Å². The number of fused-ring (bicyclic) bond motifs is 1.